The zero-order valence-electron chi connectivity index (χ0n) is 51.7. The van der Waals surface area contributed by atoms with Gasteiger partial charge in [-0.2, -0.15) is 0 Å². The third-order valence-electron chi connectivity index (χ3n) is 16.7. The number of amides is 1. The SMILES string of the molecule is CCN(CC(CCC[Si](CCC[Si](OC)(OC)OC)(CCC[Si](OC)(OC)OC)CCC[Si](OC)(OC)OC)CCC[Si](CCC[Si](OC)(OC)OC)(CCC[Si](OC)(OC)OC)CCC[Si](OC)(OC)OC)C(C)=O. The third kappa shape index (κ3) is 25.1. The van der Waals surface area contributed by atoms with Gasteiger partial charge < -0.3 is 84.6 Å². The largest absolute Gasteiger partial charge is 0.500 e. The molecule has 456 valence electrons. The van der Waals surface area contributed by atoms with Crippen LogP contribution >= 0.6 is 0 Å². The average molecular weight is 1230 g/mol. The molecule has 0 aromatic heterocycles. The topological polar surface area (TPSA) is 186 Å². The molecular weight excluding hydrogens is 1120 g/mol. The van der Waals surface area contributed by atoms with Crippen molar-refractivity contribution in [2.75, 3.05) is 141 Å². The summed E-state index contributed by atoms with van der Waals surface area (Å²) in [7, 11) is 9.19. The standard InChI is InChI=1S/C48H113NO19Si8/c1-21-49(47(2)50)46-48(30-22-32-69(34-24-40-71(51-3,52-4)53-5,35-25-41-72(54-6,55-7)56-8)36-26-42-73(57-9,58-10)59-11)31-23-33-70(37-27-43-74(60-12,61-13)62-14,38-28-44-75(63-15,64-16)65-17)39-29-45-76(66-18,67-19)68-20/h48H,21-46H2,1-20H3. The molecule has 0 saturated carbocycles. The predicted molar refractivity (Wildman–Crippen MR) is 317 cm³/mol. The number of hydrogen-bond acceptors (Lipinski definition) is 19. The van der Waals surface area contributed by atoms with E-state index in [4.69, 9.17) is 79.7 Å². The fourth-order valence-electron chi connectivity index (χ4n) is 11.6. The Morgan fingerprint density at radius 1 is 0.303 bits per heavy atom. The minimum atomic E-state index is -2.83. The maximum absolute atomic E-state index is 13.2. The van der Waals surface area contributed by atoms with Gasteiger partial charge in [0.15, 0.2) is 0 Å². The summed E-state index contributed by atoms with van der Waals surface area (Å²) in [6.07, 6.45) is 9.67. The van der Waals surface area contributed by atoms with E-state index in [1.807, 2.05) is 4.90 Å². The Morgan fingerprint density at radius 2 is 0.474 bits per heavy atom. The Bertz CT molecular complexity index is 1180. The van der Waals surface area contributed by atoms with E-state index in [0.29, 0.717) is 12.5 Å². The summed E-state index contributed by atoms with van der Waals surface area (Å²) in [6.45, 7) is 5.17. The summed E-state index contributed by atoms with van der Waals surface area (Å²) < 4.78 is 107. The number of rotatable bonds is 53. The summed E-state index contributed by atoms with van der Waals surface area (Å²) in [5, 5.41) is 0. The minimum Gasteiger partial charge on any atom is -0.377 e. The first-order valence-corrected chi connectivity index (χ1v) is 44.7. The first-order chi connectivity index (χ1) is 36.3. The lowest BCUT2D eigenvalue weighted by Crippen LogP contribution is -2.45. The molecule has 0 aliphatic carbocycles. The maximum Gasteiger partial charge on any atom is 0.500 e. The molecule has 0 aromatic carbocycles. The quantitative estimate of drug-likeness (QED) is 0.0524. The summed E-state index contributed by atoms with van der Waals surface area (Å²) in [5.74, 6) is 0.419. The molecular formula is C48H113NO19Si8. The molecule has 1 amide bonds. The molecule has 0 fully saturated rings. The van der Waals surface area contributed by atoms with Crippen LogP contribution in [0.2, 0.25) is 84.6 Å². The zero-order chi connectivity index (χ0) is 57.8. The lowest BCUT2D eigenvalue weighted by molar-refractivity contribution is -0.129. The Morgan fingerprint density at radius 3 is 0.618 bits per heavy atom. The summed E-state index contributed by atoms with van der Waals surface area (Å²) in [6, 6.07) is 13.1. The Balaban J connectivity index is 7.48. The van der Waals surface area contributed by atoms with Crippen molar-refractivity contribution < 1.29 is 84.5 Å². The molecule has 0 aliphatic rings. The molecule has 0 rings (SSSR count). The number of carbonyl (C=O) groups is 1. The highest BCUT2D eigenvalue weighted by atomic mass is 28.4. The highest BCUT2D eigenvalue weighted by Crippen LogP contribution is 2.40. The second-order valence-corrected chi connectivity index (χ2v) is 48.6. The summed E-state index contributed by atoms with van der Waals surface area (Å²) >= 11 is 0. The van der Waals surface area contributed by atoms with Gasteiger partial charge in [0.05, 0.1) is 16.1 Å². The fraction of sp³-hybridized carbons (Fsp3) is 0.979. The summed E-state index contributed by atoms with van der Waals surface area (Å²) in [4.78, 5) is 15.2. The van der Waals surface area contributed by atoms with Crippen molar-refractivity contribution >= 4 is 74.9 Å². The molecule has 0 spiro atoms. The van der Waals surface area contributed by atoms with Gasteiger partial charge in [-0.15, -0.1) is 0 Å². The van der Waals surface area contributed by atoms with Crippen LogP contribution in [0.3, 0.4) is 0 Å². The van der Waals surface area contributed by atoms with Gasteiger partial charge in [-0.3, -0.25) is 4.79 Å². The van der Waals surface area contributed by atoms with Crippen LogP contribution in [0.15, 0.2) is 0 Å². The van der Waals surface area contributed by atoms with E-state index < -0.39 is 69.0 Å². The van der Waals surface area contributed by atoms with Crippen molar-refractivity contribution in [2.24, 2.45) is 5.92 Å². The number of nitrogens with zero attached hydrogens (tertiary/aromatic N) is 1. The molecule has 20 nitrogen and oxygen atoms in total. The van der Waals surface area contributed by atoms with E-state index in [1.54, 1.807) is 135 Å². The molecule has 28 heteroatoms. The zero-order valence-corrected chi connectivity index (χ0v) is 59.7. The van der Waals surface area contributed by atoms with Gasteiger partial charge in [0.25, 0.3) is 0 Å². The minimum absolute atomic E-state index is 0.109. The average Bonchev–Trinajstić information content (AvgIpc) is 3.45. The molecule has 0 aromatic rings. The molecule has 0 bridgehead atoms. The number of hydrogen-bond donors (Lipinski definition) is 0. The normalized spacial score (nSPS) is 13.6. The lowest BCUT2D eigenvalue weighted by atomic mass is 9.97. The van der Waals surface area contributed by atoms with Crippen LogP contribution in [0.4, 0.5) is 0 Å². The first-order valence-electron chi connectivity index (χ1n) is 27.5. The molecule has 0 aliphatic heterocycles. The summed E-state index contributed by atoms with van der Waals surface area (Å²) in [5.41, 5.74) is 0. The van der Waals surface area contributed by atoms with Gasteiger partial charge in [-0.1, -0.05) is 99.7 Å². The monoisotopic (exact) mass is 1230 g/mol. The van der Waals surface area contributed by atoms with Crippen molar-refractivity contribution in [3.05, 3.63) is 0 Å². The van der Waals surface area contributed by atoms with Gasteiger partial charge in [-0.25, -0.2) is 0 Å². The van der Waals surface area contributed by atoms with E-state index in [-0.39, 0.29) is 5.91 Å². The maximum atomic E-state index is 13.2. The third-order valence-corrected chi connectivity index (χ3v) is 45.0. The highest BCUT2D eigenvalue weighted by Gasteiger charge is 2.46. The van der Waals surface area contributed by atoms with Gasteiger partial charge in [0.1, 0.15) is 0 Å². The van der Waals surface area contributed by atoms with Crippen molar-refractivity contribution in [3.63, 3.8) is 0 Å². The molecule has 0 unspecified atom stereocenters. The van der Waals surface area contributed by atoms with Crippen LogP contribution in [0.5, 0.6) is 0 Å². The van der Waals surface area contributed by atoms with E-state index >= 15 is 0 Å². The van der Waals surface area contributed by atoms with E-state index in [1.165, 1.54) is 0 Å². The molecule has 0 N–H and O–H groups in total. The molecule has 0 heterocycles. The Labute approximate surface area is 471 Å². The number of carbonyl (C=O) groups excluding carboxylic acids is 1. The Hall–Kier alpha value is 0.485. The second kappa shape index (κ2) is 40.7. The van der Waals surface area contributed by atoms with Crippen LogP contribution < -0.4 is 0 Å². The van der Waals surface area contributed by atoms with Crippen LogP contribution in [0, 0.1) is 5.92 Å². The van der Waals surface area contributed by atoms with Crippen LogP contribution in [0.1, 0.15) is 78.1 Å². The van der Waals surface area contributed by atoms with Crippen LogP contribution in [-0.2, 0) is 84.5 Å². The van der Waals surface area contributed by atoms with Crippen molar-refractivity contribution in [3.8, 4) is 0 Å². The molecule has 76 heavy (non-hydrogen) atoms. The van der Waals surface area contributed by atoms with Gasteiger partial charge in [-0.05, 0) is 25.7 Å². The van der Waals surface area contributed by atoms with Crippen molar-refractivity contribution in [1.29, 1.82) is 0 Å². The first kappa shape index (κ1) is 76.5. The molecule has 0 saturated heterocycles. The fourth-order valence-corrected chi connectivity index (χ4v) is 34.5. The highest BCUT2D eigenvalue weighted by molar-refractivity contribution is 6.81. The van der Waals surface area contributed by atoms with E-state index in [2.05, 4.69) is 6.92 Å². The Kier molecular flexibility index (Phi) is 40.9. The molecule has 0 atom stereocenters. The van der Waals surface area contributed by atoms with Crippen molar-refractivity contribution in [2.45, 2.75) is 163 Å². The van der Waals surface area contributed by atoms with Gasteiger partial charge >= 0.3 is 52.8 Å². The second-order valence-electron chi connectivity index (χ2n) is 20.1. The molecule has 0 radical (unpaired) electrons. The lowest BCUT2D eigenvalue weighted by Gasteiger charge is -2.37. The predicted octanol–water partition coefficient (Wildman–Crippen LogP) is 9.54. The smallest absolute Gasteiger partial charge is 0.377 e. The van der Waals surface area contributed by atoms with Crippen LogP contribution in [-0.4, -0.2) is 221 Å². The van der Waals surface area contributed by atoms with Crippen molar-refractivity contribution in [1.82, 2.24) is 4.90 Å². The van der Waals surface area contributed by atoms with Gasteiger partial charge in [0, 0.05) is 184 Å². The van der Waals surface area contributed by atoms with Gasteiger partial charge in [0.2, 0.25) is 5.91 Å². The van der Waals surface area contributed by atoms with Crippen LogP contribution in [0.25, 0.3) is 0 Å². The van der Waals surface area contributed by atoms with E-state index in [0.717, 1.165) is 155 Å². The van der Waals surface area contributed by atoms with E-state index in [9.17, 15) is 4.79 Å².